The fourth-order valence-corrected chi connectivity index (χ4v) is 1.14. The molecule has 0 spiro atoms. The first-order valence-corrected chi connectivity index (χ1v) is 5.17. The summed E-state index contributed by atoms with van der Waals surface area (Å²) in [5, 5.41) is 9.01. The third kappa shape index (κ3) is 4.68. The maximum absolute atomic E-state index is 13.3. The number of rotatable bonds is 2. The van der Waals surface area contributed by atoms with Crippen LogP contribution in [0.25, 0.3) is 6.08 Å². The molecule has 17 heavy (non-hydrogen) atoms. The molecule has 0 aromatic heterocycles. The van der Waals surface area contributed by atoms with Crippen LogP contribution < -0.4 is 0 Å². The fraction of sp³-hybridized carbons (Fsp3) is 0.308. The number of phenols is 1. The van der Waals surface area contributed by atoms with E-state index < -0.39 is 17.4 Å². The summed E-state index contributed by atoms with van der Waals surface area (Å²) < 4.78 is 18.3. The minimum absolute atomic E-state index is 0.156. The molecule has 1 N–H and O–H groups in total. The number of carbonyl (C=O) groups excluding carboxylic acids is 1. The highest BCUT2D eigenvalue weighted by atomic mass is 19.1. The lowest BCUT2D eigenvalue weighted by atomic mass is 10.2. The molecule has 0 aliphatic rings. The number of hydrogen-bond donors (Lipinski definition) is 1. The lowest BCUT2D eigenvalue weighted by Crippen LogP contribution is -2.22. The maximum Gasteiger partial charge on any atom is 0.331 e. The number of ether oxygens (including phenoxy) is 1. The molecule has 0 fully saturated rings. The summed E-state index contributed by atoms with van der Waals surface area (Å²) in [5.41, 5.74) is -0.358. The summed E-state index contributed by atoms with van der Waals surface area (Å²) in [6, 6.07) is 3.71. The first kappa shape index (κ1) is 13.2. The standard InChI is InChI=1S/C13H15FO3/c1-13(2,3)17-12(16)7-5-9-4-6-10(15)8-11(9)14/h4-8,15H,1-3H3. The molecular weight excluding hydrogens is 223 g/mol. The summed E-state index contributed by atoms with van der Waals surface area (Å²) >= 11 is 0. The molecule has 1 rings (SSSR count). The van der Waals surface area contributed by atoms with Crippen molar-refractivity contribution in [2.75, 3.05) is 0 Å². The highest BCUT2D eigenvalue weighted by molar-refractivity contribution is 5.87. The van der Waals surface area contributed by atoms with Crippen LogP contribution >= 0.6 is 0 Å². The Morgan fingerprint density at radius 2 is 2.06 bits per heavy atom. The van der Waals surface area contributed by atoms with Gasteiger partial charge < -0.3 is 9.84 Å². The topological polar surface area (TPSA) is 46.5 Å². The molecule has 0 heterocycles. The van der Waals surface area contributed by atoms with Crippen molar-refractivity contribution in [2.24, 2.45) is 0 Å². The van der Waals surface area contributed by atoms with E-state index in [4.69, 9.17) is 9.84 Å². The van der Waals surface area contributed by atoms with Gasteiger partial charge in [-0.1, -0.05) is 0 Å². The quantitative estimate of drug-likeness (QED) is 0.636. The van der Waals surface area contributed by atoms with Gasteiger partial charge in [-0.05, 0) is 39.0 Å². The molecule has 92 valence electrons. The van der Waals surface area contributed by atoms with Gasteiger partial charge in [-0.25, -0.2) is 9.18 Å². The van der Waals surface area contributed by atoms with Gasteiger partial charge in [0.2, 0.25) is 0 Å². The van der Waals surface area contributed by atoms with E-state index in [9.17, 15) is 9.18 Å². The van der Waals surface area contributed by atoms with Crippen LogP contribution in [0.1, 0.15) is 26.3 Å². The summed E-state index contributed by atoms with van der Waals surface area (Å²) in [6.07, 6.45) is 2.46. The van der Waals surface area contributed by atoms with Crippen molar-refractivity contribution >= 4 is 12.0 Å². The van der Waals surface area contributed by atoms with Crippen LogP contribution in [-0.2, 0) is 9.53 Å². The van der Waals surface area contributed by atoms with E-state index >= 15 is 0 Å². The third-order valence-corrected chi connectivity index (χ3v) is 1.79. The zero-order valence-corrected chi connectivity index (χ0v) is 10.0. The third-order valence-electron chi connectivity index (χ3n) is 1.79. The maximum atomic E-state index is 13.3. The second kappa shape index (κ2) is 4.99. The first-order chi connectivity index (χ1) is 7.78. The van der Waals surface area contributed by atoms with Crippen LogP contribution in [0.4, 0.5) is 4.39 Å². The van der Waals surface area contributed by atoms with E-state index in [1.165, 1.54) is 18.2 Å². The van der Waals surface area contributed by atoms with Crippen LogP contribution in [0.3, 0.4) is 0 Å². The number of phenolic OH excluding ortho intramolecular Hbond substituents is 1. The van der Waals surface area contributed by atoms with Gasteiger partial charge in [0.25, 0.3) is 0 Å². The molecule has 0 unspecified atom stereocenters. The number of carbonyl (C=O) groups is 1. The van der Waals surface area contributed by atoms with Gasteiger partial charge >= 0.3 is 5.97 Å². The molecule has 1 aromatic rings. The van der Waals surface area contributed by atoms with Crippen molar-refractivity contribution in [1.82, 2.24) is 0 Å². The number of benzene rings is 1. The van der Waals surface area contributed by atoms with Gasteiger partial charge in [0.1, 0.15) is 17.2 Å². The lowest BCUT2D eigenvalue weighted by Gasteiger charge is -2.17. The average molecular weight is 238 g/mol. The van der Waals surface area contributed by atoms with Gasteiger partial charge in [-0.15, -0.1) is 0 Å². The predicted molar refractivity (Wildman–Crippen MR) is 62.9 cm³/mol. The molecule has 1 aromatic carbocycles. The summed E-state index contributed by atoms with van der Waals surface area (Å²) in [5.74, 6) is -1.29. The summed E-state index contributed by atoms with van der Waals surface area (Å²) in [6.45, 7) is 5.25. The molecule has 0 saturated heterocycles. The van der Waals surface area contributed by atoms with Gasteiger partial charge in [-0.3, -0.25) is 0 Å². The van der Waals surface area contributed by atoms with Crippen LogP contribution in [0.2, 0.25) is 0 Å². The van der Waals surface area contributed by atoms with Crippen LogP contribution in [-0.4, -0.2) is 16.7 Å². The van der Waals surface area contributed by atoms with Crippen LogP contribution in [0, 0.1) is 5.82 Å². The SMILES string of the molecule is CC(C)(C)OC(=O)C=Cc1ccc(O)cc1F. The van der Waals surface area contributed by atoms with Crippen molar-refractivity contribution in [3.05, 3.63) is 35.7 Å². The smallest absolute Gasteiger partial charge is 0.331 e. The molecule has 0 bridgehead atoms. The van der Waals surface area contributed by atoms with Crippen molar-refractivity contribution in [2.45, 2.75) is 26.4 Å². The monoisotopic (exact) mass is 238 g/mol. The Hall–Kier alpha value is -1.84. The van der Waals surface area contributed by atoms with Crippen molar-refractivity contribution in [3.8, 4) is 5.75 Å². The largest absolute Gasteiger partial charge is 0.508 e. The number of halogens is 1. The summed E-state index contributed by atoms with van der Waals surface area (Å²) in [7, 11) is 0. The van der Waals surface area contributed by atoms with Gasteiger partial charge in [0, 0.05) is 17.7 Å². The molecule has 0 atom stereocenters. The Balaban J connectivity index is 2.74. The number of hydrogen-bond acceptors (Lipinski definition) is 3. The Kier molecular flexibility index (Phi) is 3.89. The molecule has 0 amide bonds. The van der Waals surface area contributed by atoms with Gasteiger partial charge in [0.15, 0.2) is 0 Å². The molecule has 0 saturated carbocycles. The highest BCUT2D eigenvalue weighted by Crippen LogP contribution is 2.16. The first-order valence-electron chi connectivity index (χ1n) is 5.17. The van der Waals surface area contributed by atoms with Gasteiger partial charge in [-0.2, -0.15) is 0 Å². The second-order valence-corrected chi connectivity index (χ2v) is 4.57. The van der Waals surface area contributed by atoms with Crippen LogP contribution in [0.15, 0.2) is 24.3 Å². The summed E-state index contributed by atoms with van der Waals surface area (Å²) in [4.78, 5) is 11.3. The molecule has 4 heteroatoms. The zero-order chi connectivity index (χ0) is 13.1. The molecule has 0 aliphatic heterocycles. The minimum Gasteiger partial charge on any atom is -0.508 e. The zero-order valence-electron chi connectivity index (χ0n) is 10.0. The second-order valence-electron chi connectivity index (χ2n) is 4.57. The van der Waals surface area contributed by atoms with E-state index in [1.807, 2.05) is 0 Å². The highest BCUT2D eigenvalue weighted by Gasteiger charge is 2.13. The molecular formula is C13H15FO3. The van der Waals surface area contributed by atoms with Gasteiger partial charge in [0.05, 0.1) is 0 Å². The Labute approximate surface area is 99.5 Å². The molecule has 0 aliphatic carbocycles. The van der Waals surface area contributed by atoms with E-state index in [2.05, 4.69) is 0 Å². The van der Waals surface area contributed by atoms with Crippen LogP contribution in [0.5, 0.6) is 5.75 Å². The average Bonchev–Trinajstić information content (AvgIpc) is 2.13. The molecule has 3 nitrogen and oxygen atoms in total. The normalized spacial score (nSPS) is 11.8. The number of aromatic hydroxyl groups is 1. The van der Waals surface area contributed by atoms with Crippen molar-refractivity contribution in [3.63, 3.8) is 0 Å². The number of esters is 1. The van der Waals surface area contributed by atoms with E-state index in [-0.39, 0.29) is 11.3 Å². The minimum atomic E-state index is -0.593. The Morgan fingerprint density at radius 3 is 2.59 bits per heavy atom. The van der Waals surface area contributed by atoms with E-state index in [0.717, 1.165) is 12.1 Å². The Bertz CT molecular complexity index is 444. The molecule has 0 radical (unpaired) electrons. The lowest BCUT2D eigenvalue weighted by molar-refractivity contribution is -0.148. The van der Waals surface area contributed by atoms with Crippen molar-refractivity contribution < 1.29 is 19.0 Å². The fourth-order valence-electron chi connectivity index (χ4n) is 1.14. The van der Waals surface area contributed by atoms with Crippen molar-refractivity contribution in [1.29, 1.82) is 0 Å². The van der Waals surface area contributed by atoms with E-state index in [1.54, 1.807) is 20.8 Å². The van der Waals surface area contributed by atoms with E-state index in [0.29, 0.717) is 0 Å². The predicted octanol–water partition coefficient (Wildman–Crippen LogP) is 2.89. The Morgan fingerprint density at radius 1 is 1.41 bits per heavy atom.